The summed E-state index contributed by atoms with van der Waals surface area (Å²) in [4.78, 5) is 14.0. The second-order valence-electron chi connectivity index (χ2n) is 3.92. The molecule has 1 aromatic rings. The third kappa shape index (κ3) is 3.67. The minimum Gasteiger partial charge on any atom is -0.456 e. The largest absolute Gasteiger partial charge is 0.456 e. The van der Waals surface area contributed by atoms with Gasteiger partial charge in [0.05, 0.1) is 0 Å². The minimum absolute atomic E-state index is 0.0483. The van der Waals surface area contributed by atoms with Gasteiger partial charge in [-0.2, -0.15) is 0 Å². The lowest BCUT2D eigenvalue weighted by atomic mass is 10.3. The van der Waals surface area contributed by atoms with E-state index in [4.69, 9.17) is 4.42 Å². The van der Waals surface area contributed by atoms with Crippen LogP contribution >= 0.6 is 15.9 Å². The maximum atomic E-state index is 11.9. The molecular formula is C12H18BrNO2. The van der Waals surface area contributed by atoms with Crippen LogP contribution in [0.3, 0.4) is 0 Å². The van der Waals surface area contributed by atoms with Gasteiger partial charge in [-0.15, -0.1) is 0 Å². The fraction of sp³-hybridized carbons (Fsp3) is 0.583. The summed E-state index contributed by atoms with van der Waals surface area (Å²) < 4.78 is 5.42. The van der Waals surface area contributed by atoms with E-state index in [2.05, 4.69) is 22.9 Å². The van der Waals surface area contributed by atoms with E-state index in [1.165, 1.54) is 0 Å². The summed E-state index contributed by atoms with van der Waals surface area (Å²) in [5.41, 5.74) is 0. The van der Waals surface area contributed by atoms with E-state index in [1.54, 1.807) is 18.0 Å². The lowest BCUT2D eigenvalue weighted by Gasteiger charge is -2.16. The molecule has 0 aromatic carbocycles. The lowest BCUT2D eigenvalue weighted by Crippen LogP contribution is -2.28. The second kappa shape index (κ2) is 6.09. The zero-order valence-corrected chi connectivity index (χ0v) is 11.6. The Morgan fingerprint density at radius 1 is 1.56 bits per heavy atom. The van der Waals surface area contributed by atoms with Gasteiger partial charge < -0.3 is 9.32 Å². The highest BCUT2D eigenvalue weighted by molar-refractivity contribution is 9.09. The number of carbonyl (C=O) groups excluding carboxylic acids is 1. The zero-order chi connectivity index (χ0) is 12.1. The number of amides is 1. The Balaban J connectivity index is 2.56. The Kier molecular flexibility index (Phi) is 5.06. The van der Waals surface area contributed by atoms with Crippen molar-refractivity contribution in [2.75, 3.05) is 13.6 Å². The Morgan fingerprint density at radius 3 is 2.75 bits per heavy atom. The highest BCUT2D eigenvalue weighted by atomic mass is 79.9. The van der Waals surface area contributed by atoms with Crippen LogP contribution in [0.4, 0.5) is 0 Å². The maximum Gasteiger partial charge on any atom is 0.289 e. The molecule has 0 aliphatic carbocycles. The van der Waals surface area contributed by atoms with Gasteiger partial charge in [0.1, 0.15) is 5.76 Å². The molecule has 0 radical (unpaired) electrons. The summed E-state index contributed by atoms with van der Waals surface area (Å²) in [5, 5.41) is 0. The summed E-state index contributed by atoms with van der Waals surface area (Å²) in [6, 6.07) is 3.60. The van der Waals surface area contributed by atoms with E-state index in [0.29, 0.717) is 10.6 Å². The number of halogens is 1. The first-order valence-corrected chi connectivity index (χ1v) is 6.44. The van der Waals surface area contributed by atoms with Crippen molar-refractivity contribution in [3.8, 4) is 0 Å². The maximum absolute atomic E-state index is 11.9. The van der Waals surface area contributed by atoms with Crippen molar-refractivity contribution in [1.29, 1.82) is 0 Å². The van der Waals surface area contributed by atoms with Crippen molar-refractivity contribution in [2.24, 2.45) is 0 Å². The van der Waals surface area contributed by atoms with E-state index >= 15 is 0 Å². The molecule has 1 aromatic heterocycles. The number of hydrogen-bond donors (Lipinski definition) is 0. The Bertz CT molecular complexity index is 347. The second-order valence-corrected chi connectivity index (χ2v) is 5.48. The molecule has 0 saturated carbocycles. The molecule has 0 aliphatic rings. The molecule has 1 amide bonds. The standard InChI is InChI=1S/C12H18BrNO2/c1-4-10-5-6-11(16-10)12(15)14(3)8-7-9(2)13/h5-6,9H,4,7-8H2,1-3H3. The van der Waals surface area contributed by atoms with Crippen molar-refractivity contribution in [1.82, 2.24) is 4.90 Å². The average Bonchev–Trinajstić information content (AvgIpc) is 2.73. The van der Waals surface area contributed by atoms with Gasteiger partial charge in [0.25, 0.3) is 5.91 Å². The monoisotopic (exact) mass is 287 g/mol. The van der Waals surface area contributed by atoms with Crippen LogP contribution in [0.15, 0.2) is 16.5 Å². The molecule has 1 rings (SSSR count). The number of alkyl halides is 1. The van der Waals surface area contributed by atoms with Crippen molar-refractivity contribution in [3.63, 3.8) is 0 Å². The molecule has 3 nitrogen and oxygen atoms in total. The van der Waals surface area contributed by atoms with Gasteiger partial charge in [-0.3, -0.25) is 4.79 Å². The molecule has 0 saturated heterocycles. The molecule has 16 heavy (non-hydrogen) atoms. The van der Waals surface area contributed by atoms with Gasteiger partial charge in [-0.1, -0.05) is 29.8 Å². The number of nitrogens with zero attached hydrogens (tertiary/aromatic N) is 1. The van der Waals surface area contributed by atoms with Crippen molar-refractivity contribution < 1.29 is 9.21 Å². The molecule has 0 aliphatic heterocycles. The molecule has 4 heteroatoms. The van der Waals surface area contributed by atoms with Gasteiger partial charge in [0, 0.05) is 24.8 Å². The van der Waals surface area contributed by atoms with Crippen LogP contribution < -0.4 is 0 Å². The molecule has 0 N–H and O–H groups in total. The van der Waals surface area contributed by atoms with Gasteiger partial charge in [0.15, 0.2) is 5.76 Å². The normalized spacial score (nSPS) is 12.5. The molecule has 0 spiro atoms. The van der Waals surface area contributed by atoms with Crippen molar-refractivity contribution >= 4 is 21.8 Å². The third-order valence-electron chi connectivity index (χ3n) is 2.43. The van der Waals surface area contributed by atoms with E-state index in [-0.39, 0.29) is 5.91 Å². The van der Waals surface area contributed by atoms with E-state index < -0.39 is 0 Å². The summed E-state index contributed by atoms with van der Waals surface area (Å²) in [6.07, 6.45) is 1.75. The van der Waals surface area contributed by atoms with Crippen molar-refractivity contribution in [2.45, 2.75) is 31.5 Å². The van der Waals surface area contributed by atoms with Crippen LogP contribution in [0.2, 0.25) is 0 Å². The van der Waals surface area contributed by atoms with Crippen molar-refractivity contribution in [3.05, 3.63) is 23.7 Å². The Labute approximate surface area is 105 Å². The highest BCUT2D eigenvalue weighted by Crippen LogP contribution is 2.12. The predicted molar refractivity (Wildman–Crippen MR) is 68.1 cm³/mol. The first-order valence-electron chi connectivity index (χ1n) is 5.52. The Hall–Kier alpha value is -0.770. The SMILES string of the molecule is CCc1ccc(C(=O)N(C)CCC(C)Br)o1. The Morgan fingerprint density at radius 2 is 2.25 bits per heavy atom. The molecule has 0 fully saturated rings. The molecule has 1 unspecified atom stereocenters. The number of aryl methyl sites for hydroxylation is 1. The van der Waals surface area contributed by atoms with Gasteiger partial charge >= 0.3 is 0 Å². The topological polar surface area (TPSA) is 33.5 Å². The van der Waals surface area contributed by atoms with Crippen LogP contribution in [0.1, 0.15) is 36.6 Å². The number of rotatable bonds is 5. The summed E-state index contributed by atoms with van der Waals surface area (Å²) in [5.74, 6) is 1.24. The van der Waals surface area contributed by atoms with Crippen LogP contribution in [-0.4, -0.2) is 29.2 Å². The molecule has 1 heterocycles. The van der Waals surface area contributed by atoms with Gasteiger partial charge in [-0.05, 0) is 18.6 Å². The first-order chi connectivity index (χ1) is 7.54. The molecule has 90 valence electrons. The van der Waals surface area contributed by atoms with Crippen LogP contribution in [0, 0.1) is 0 Å². The number of furan rings is 1. The fourth-order valence-electron chi connectivity index (χ4n) is 1.34. The van der Waals surface area contributed by atoms with Crippen LogP contribution in [-0.2, 0) is 6.42 Å². The smallest absolute Gasteiger partial charge is 0.289 e. The van der Waals surface area contributed by atoms with E-state index in [9.17, 15) is 4.79 Å². The summed E-state index contributed by atoms with van der Waals surface area (Å²) in [6.45, 7) is 4.80. The lowest BCUT2D eigenvalue weighted by molar-refractivity contribution is 0.0760. The molecule has 1 atom stereocenters. The quantitative estimate of drug-likeness (QED) is 0.780. The van der Waals surface area contributed by atoms with Gasteiger partial charge in [0.2, 0.25) is 0 Å². The first kappa shape index (κ1) is 13.3. The fourth-order valence-corrected chi connectivity index (χ4v) is 1.55. The summed E-state index contributed by atoms with van der Waals surface area (Å²) >= 11 is 3.46. The summed E-state index contributed by atoms with van der Waals surface area (Å²) in [7, 11) is 1.80. The predicted octanol–water partition coefficient (Wildman–Crippen LogP) is 3.09. The minimum atomic E-state index is -0.0483. The number of hydrogen-bond acceptors (Lipinski definition) is 2. The van der Waals surface area contributed by atoms with Gasteiger partial charge in [-0.25, -0.2) is 0 Å². The van der Waals surface area contributed by atoms with E-state index in [1.807, 2.05) is 13.0 Å². The average molecular weight is 288 g/mol. The van der Waals surface area contributed by atoms with Crippen LogP contribution in [0.5, 0.6) is 0 Å². The third-order valence-corrected chi connectivity index (χ3v) is 2.89. The molecule has 0 bridgehead atoms. The zero-order valence-electron chi connectivity index (χ0n) is 10.00. The van der Waals surface area contributed by atoms with Crippen LogP contribution in [0.25, 0.3) is 0 Å². The highest BCUT2D eigenvalue weighted by Gasteiger charge is 2.15. The number of carbonyl (C=O) groups is 1. The van der Waals surface area contributed by atoms with E-state index in [0.717, 1.165) is 25.1 Å². The molecular weight excluding hydrogens is 270 g/mol.